The molecule has 1 aromatic carbocycles. The summed E-state index contributed by atoms with van der Waals surface area (Å²) in [5.41, 5.74) is 2.26. The molecule has 0 fully saturated rings. The van der Waals surface area contributed by atoms with Crippen LogP contribution in [-0.2, 0) is 16.6 Å². The van der Waals surface area contributed by atoms with Crippen LogP contribution in [0.5, 0.6) is 0 Å². The summed E-state index contributed by atoms with van der Waals surface area (Å²) in [7, 11) is 0.414. The number of furan rings is 1. The number of nitrogens with zero attached hydrogens (tertiary/aromatic N) is 2. The van der Waals surface area contributed by atoms with Crippen LogP contribution in [0.2, 0.25) is 0 Å². The van der Waals surface area contributed by atoms with Crippen LogP contribution >= 0.6 is 0 Å². The Morgan fingerprint density at radius 3 is 2.42 bits per heavy atom. The van der Waals surface area contributed by atoms with Gasteiger partial charge in [0.25, 0.3) is 5.91 Å². The molecule has 1 amide bonds. The molecule has 0 saturated carbocycles. The lowest BCUT2D eigenvalue weighted by Gasteiger charge is -2.27. The second-order valence-electron chi connectivity index (χ2n) is 6.57. The van der Waals surface area contributed by atoms with Crippen LogP contribution in [0.25, 0.3) is 0 Å². The average Bonchev–Trinajstić information content (AvgIpc) is 3.05. The van der Waals surface area contributed by atoms with Gasteiger partial charge >= 0.3 is 0 Å². The number of anilines is 2. The predicted octanol–water partition coefficient (Wildman–Crippen LogP) is 2.77. The molecule has 1 aromatic heterocycles. The van der Waals surface area contributed by atoms with Crippen molar-refractivity contribution in [1.29, 1.82) is 0 Å². The number of hydrogen-bond donors (Lipinski definition) is 1. The van der Waals surface area contributed by atoms with Gasteiger partial charge in [0.15, 0.2) is 5.76 Å². The molecule has 26 heavy (non-hydrogen) atoms. The van der Waals surface area contributed by atoms with Gasteiger partial charge < -0.3 is 14.6 Å². The van der Waals surface area contributed by atoms with E-state index in [2.05, 4.69) is 5.32 Å². The lowest BCUT2D eigenvalue weighted by Crippen LogP contribution is -2.36. The Morgan fingerprint density at radius 1 is 1.23 bits per heavy atom. The molecule has 0 unspecified atom stereocenters. The average molecular weight is 379 g/mol. The molecule has 8 heteroatoms. The molecule has 0 aliphatic rings. The van der Waals surface area contributed by atoms with Gasteiger partial charge in [0, 0.05) is 38.1 Å². The molecule has 1 N–H and O–H groups in total. The summed E-state index contributed by atoms with van der Waals surface area (Å²) in [6.07, 6.45) is 2.63. The third-order valence-electron chi connectivity index (χ3n) is 3.89. The predicted molar refractivity (Wildman–Crippen MR) is 103 cm³/mol. The number of nitrogens with one attached hydrogen (secondary N) is 1. The van der Waals surface area contributed by atoms with Gasteiger partial charge in [-0.2, -0.15) is 4.31 Å². The maximum atomic E-state index is 12.2. The van der Waals surface area contributed by atoms with Crippen molar-refractivity contribution < 1.29 is 17.6 Å². The number of amides is 1. The zero-order chi connectivity index (χ0) is 19.5. The first kappa shape index (κ1) is 20.0. The number of carbonyl (C=O) groups is 1. The summed E-state index contributed by atoms with van der Waals surface area (Å²) >= 11 is 0. The maximum Gasteiger partial charge on any atom is 0.291 e. The molecule has 0 aliphatic heterocycles. The van der Waals surface area contributed by atoms with Crippen LogP contribution < -0.4 is 10.2 Å². The summed E-state index contributed by atoms with van der Waals surface area (Å²) < 4.78 is 30.7. The van der Waals surface area contributed by atoms with E-state index in [1.165, 1.54) is 16.8 Å². The molecule has 0 atom stereocenters. The highest BCUT2D eigenvalue weighted by Gasteiger charge is 2.22. The molecule has 7 nitrogen and oxygen atoms in total. The van der Waals surface area contributed by atoms with Crippen molar-refractivity contribution in [2.45, 2.75) is 26.4 Å². The van der Waals surface area contributed by atoms with Gasteiger partial charge in [-0.05, 0) is 49.7 Å². The molecule has 0 radical (unpaired) electrons. The SMILES string of the molecule is CC(C)N(Cc1cc(NC(=O)c2ccco2)ccc1N(C)C)S(C)(=O)=O. The van der Waals surface area contributed by atoms with Crippen molar-refractivity contribution in [3.05, 3.63) is 47.9 Å². The number of rotatable bonds is 7. The number of benzene rings is 1. The van der Waals surface area contributed by atoms with Gasteiger partial charge in [-0.15, -0.1) is 0 Å². The third-order valence-corrected chi connectivity index (χ3v) is 5.29. The van der Waals surface area contributed by atoms with Crippen LogP contribution in [0, 0.1) is 0 Å². The monoisotopic (exact) mass is 379 g/mol. The highest BCUT2D eigenvalue weighted by atomic mass is 32.2. The third kappa shape index (κ3) is 4.86. The molecule has 1 heterocycles. The number of hydrogen-bond acceptors (Lipinski definition) is 5. The Labute approximate surface area is 154 Å². The topological polar surface area (TPSA) is 82.9 Å². The van der Waals surface area contributed by atoms with E-state index in [1.807, 2.05) is 38.9 Å². The van der Waals surface area contributed by atoms with Crippen LogP contribution in [0.15, 0.2) is 41.0 Å². The standard InChI is InChI=1S/C18H25N3O4S/c1-13(2)21(26(5,23)24)12-14-11-15(8-9-16(14)20(3)4)19-18(22)17-7-6-10-25-17/h6-11,13H,12H2,1-5H3,(H,19,22). The van der Waals surface area contributed by atoms with E-state index >= 15 is 0 Å². The Bertz CT molecular complexity index is 859. The van der Waals surface area contributed by atoms with Gasteiger partial charge in [-0.1, -0.05) is 0 Å². The van der Waals surface area contributed by atoms with Gasteiger partial charge in [0.1, 0.15) is 0 Å². The molecule has 0 aliphatic carbocycles. The Hall–Kier alpha value is -2.32. The first-order valence-electron chi connectivity index (χ1n) is 8.21. The van der Waals surface area contributed by atoms with E-state index in [1.54, 1.807) is 24.3 Å². The second kappa shape index (κ2) is 7.92. The summed E-state index contributed by atoms with van der Waals surface area (Å²) in [4.78, 5) is 14.1. The normalized spacial score (nSPS) is 11.8. The molecular weight excluding hydrogens is 354 g/mol. The van der Waals surface area contributed by atoms with Crippen LogP contribution in [-0.4, -0.2) is 45.0 Å². The maximum absolute atomic E-state index is 12.2. The smallest absolute Gasteiger partial charge is 0.291 e. The summed E-state index contributed by atoms with van der Waals surface area (Å²) in [6.45, 7) is 3.88. The summed E-state index contributed by atoms with van der Waals surface area (Å²) in [5.74, 6) is -0.148. The lowest BCUT2D eigenvalue weighted by atomic mass is 10.1. The van der Waals surface area contributed by atoms with Crippen molar-refractivity contribution in [3.63, 3.8) is 0 Å². The first-order valence-corrected chi connectivity index (χ1v) is 10.1. The molecule has 2 aromatic rings. The summed E-state index contributed by atoms with van der Waals surface area (Å²) in [5, 5.41) is 2.77. The fourth-order valence-corrected chi connectivity index (χ4v) is 3.82. The van der Waals surface area contributed by atoms with E-state index in [4.69, 9.17) is 4.42 Å². The van der Waals surface area contributed by atoms with Gasteiger partial charge in [0.2, 0.25) is 10.0 Å². The lowest BCUT2D eigenvalue weighted by molar-refractivity contribution is 0.0996. The van der Waals surface area contributed by atoms with Crippen molar-refractivity contribution in [3.8, 4) is 0 Å². The Balaban J connectivity index is 2.35. The van der Waals surface area contributed by atoms with Gasteiger partial charge in [-0.3, -0.25) is 4.79 Å². The van der Waals surface area contributed by atoms with E-state index in [9.17, 15) is 13.2 Å². The highest BCUT2D eigenvalue weighted by Crippen LogP contribution is 2.26. The fraction of sp³-hybridized carbons (Fsp3) is 0.389. The quantitative estimate of drug-likeness (QED) is 0.800. The minimum absolute atomic E-state index is 0.179. The minimum atomic E-state index is -3.36. The largest absolute Gasteiger partial charge is 0.459 e. The van der Waals surface area contributed by atoms with Crippen LogP contribution in [0.3, 0.4) is 0 Å². The van der Waals surface area contributed by atoms with Gasteiger partial charge in [-0.25, -0.2) is 8.42 Å². The van der Waals surface area contributed by atoms with E-state index in [0.29, 0.717) is 5.69 Å². The van der Waals surface area contributed by atoms with Crippen molar-refractivity contribution >= 4 is 27.3 Å². The van der Waals surface area contributed by atoms with Crippen molar-refractivity contribution in [2.24, 2.45) is 0 Å². The van der Waals surface area contributed by atoms with Crippen LogP contribution in [0.4, 0.5) is 11.4 Å². The fourth-order valence-electron chi connectivity index (χ4n) is 2.68. The molecule has 0 bridgehead atoms. The summed E-state index contributed by atoms with van der Waals surface area (Å²) in [6, 6.07) is 8.46. The highest BCUT2D eigenvalue weighted by molar-refractivity contribution is 7.88. The van der Waals surface area contributed by atoms with Crippen molar-refractivity contribution in [1.82, 2.24) is 4.31 Å². The second-order valence-corrected chi connectivity index (χ2v) is 8.51. The first-order chi connectivity index (χ1) is 12.1. The number of carbonyl (C=O) groups excluding carboxylic acids is 1. The molecule has 0 spiro atoms. The van der Waals surface area contributed by atoms with E-state index in [0.717, 1.165) is 11.3 Å². The zero-order valence-corrected chi connectivity index (χ0v) is 16.5. The van der Waals surface area contributed by atoms with Crippen LogP contribution in [0.1, 0.15) is 30.0 Å². The van der Waals surface area contributed by atoms with Crippen molar-refractivity contribution in [2.75, 3.05) is 30.6 Å². The Morgan fingerprint density at radius 2 is 1.92 bits per heavy atom. The Kier molecular flexibility index (Phi) is 6.09. The minimum Gasteiger partial charge on any atom is -0.459 e. The molecule has 142 valence electrons. The number of sulfonamides is 1. The van der Waals surface area contributed by atoms with Gasteiger partial charge in [0.05, 0.1) is 12.5 Å². The molecular formula is C18H25N3O4S. The molecule has 0 saturated heterocycles. The molecule has 2 rings (SSSR count). The van der Waals surface area contributed by atoms with E-state index < -0.39 is 10.0 Å². The van der Waals surface area contributed by atoms with E-state index in [-0.39, 0.29) is 24.3 Å². The zero-order valence-electron chi connectivity index (χ0n) is 15.7.